The van der Waals surface area contributed by atoms with Gasteiger partial charge in [0.2, 0.25) is 0 Å². The van der Waals surface area contributed by atoms with Crippen LogP contribution in [-0.2, 0) is 6.54 Å². The third-order valence-electron chi connectivity index (χ3n) is 2.78. The number of halogens is 1. The number of nitrogens with one attached hydrogen (secondary N) is 2. The summed E-state index contributed by atoms with van der Waals surface area (Å²) in [5.74, 6) is -1.03. The molecule has 0 atom stereocenters. The maximum atomic E-state index is 11.8. The zero-order valence-electron chi connectivity index (χ0n) is 11.1. The number of benzene rings is 1. The summed E-state index contributed by atoms with van der Waals surface area (Å²) < 4.78 is 0.981. The lowest BCUT2D eigenvalue weighted by Gasteiger charge is -2.10. The summed E-state index contributed by atoms with van der Waals surface area (Å²) in [7, 11) is 0. The van der Waals surface area contributed by atoms with E-state index < -0.39 is 5.97 Å². The number of hydrogen-bond acceptors (Lipinski definition) is 3. The van der Waals surface area contributed by atoms with Crippen LogP contribution < -0.4 is 10.6 Å². The Morgan fingerprint density at radius 1 is 1.33 bits per heavy atom. The Labute approximate surface area is 134 Å². The fourth-order valence-corrected chi connectivity index (χ4v) is 3.06. The maximum Gasteiger partial charge on any atom is 0.335 e. The number of carboxylic acids is 1. The third-order valence-corrected chi connectivity index (χ3v) is 4.48. The van der Waals surface area contributed by atoms with E-state index in [1.54, 1.807) is 24.3 Å². The highest BCUT2D eigenvalue weighted by molar-refractivity contribution is 9.10. The molecule has 2 amide bonds. The van der Waals surface area contributed by atoms with Gasteiger partial charge in [0.1, 0.15) is 0 Å². The number of amides is 2. The summed E-state index contributed by atoms with van der Waals surface area (Å²) in [6.45, 7) is 2.22. The summed E-state index contributed by atoms with van der Waals surface area (Å²) in [5.41, 5.74) is 1.42. The molecular weight excluding hydrogens is 356 g/mol. The highest BCUT2D eigenvalue weighted by atomic mass is 79.9. The molecule has 0 saturated carbocycles. The van der Waals surface area contributed by atoms with Crippen molar-refractivity contribution >= 4 is 45.0 Å². The van der Waals surface area contributed by atoms with Crippen LogP contribution in [0.25, 0.3) is 0 Å². The van der Waals surface area contributed by atoms with Crippen molar-refractivity contribution < 1.29 is 14.7 Å². The van der Waals surface area contributed by atoms with Gasteiger partial charge < -0.3 is 15.7 Å². The summed E-state index contributed by atoms with van der Waals surface area (Å²) in [6, 6.07) is 6.17. The van der Waals surface area contributed by atoms with E-state index >= 15 is 0 Å². The number of carbonyl (C=O) groups excluding carboxylic acids is 1. The van der Waals surface area contributed by atoms with Crippen molar-refractivity contribution in [1.29, 1.82) is 0 Å². The van der Waals surface area contributed by atoms with E-state index in [0.717, 1.165) is 14.9 Å². The Bertz CT molecular complexity index is 685. The molecule has 1 aromatic heterocycles. The van der Waals surface area contributed by atoms with E-state index in [1.165, 1.54) is 12.1 Å². The first-order valence-electron chi connectivity index (χ1n) is 6.07. The van der Waals surface area contributed by atoms with Gasteiger partial charge in [-0.05, 0) is 46.6 Å². The first kappa shape index (κ1) is 15.5. The van der Waals surface area contributed by atoms with Crippen molar-refractivity contribution in [2.24, 2.45) is 0 Å². The molecule has 0 aliphatic heterocycles. The third kappa shape index (κ3) is 4.30. The van der Waals surface area contributed by atoms with Crippen LogP contribution in [-0.4, -0.2) is 17.1 Å². The number of urea groups is 1. The van der Waals surface area contributed by atoms with Crippen LogP contribution in [0.15, 0.2) is 34.1 Å². The van der Waals surface area contributed by atoms with Gasteiger partial charge in [0.05, 0.1) is 12.1 Å². The summed E-state index contributed by atoms with van der Waals surface area (Å²) >= 11 is 4.89. The van der Waals surface area contributed by atoms with Crippen LogP contribution in [0.5, 0.6) is 0 Å². The number of thiophene rings is 1. The van der Waals surface area contributed by atoms with Gasteiger partial charge in [-0.25, -0.2) is 9.59 Å². The molecule has 2 rings (SSSR count). The monoisotopic (exact) mass is 368 g/mol. The summed E-state index contributed by atoms with van der Waals surface area (Å²) in [5, 5.41) is 16.3. The smallest absolute Gasteiger partial charge is 0.335 e. The van der Waals surface area contributed by atoms with Crippen LogP contribution in [0.1, 0.15) is 20.8 Å². The molecule has 0 saturated heterocycles. The first-order valence-corrected chi connectivity index (χ1v) is 7.74. The Morgan fingerprint density at radius 3 is 2.71 bits per heavy atom. The molecular formula is C14H13BrN2O3S. The molecule has 0 unspecified atom stereocenters. The van der Waals surface area contributed by atoms with Gasteiger partial charge in [-0.1, -0.05) is 6.07 Å². The second kappa shape index (κ2) is 6.73. The van der Waals surface area contributed by atoms with Gasteiger partial charge in [-0.2, -0.15) is 0 Å². The highest BCUT2D eigenvalue weighted by Gasteiger charge is 2.09. The predicted molar refractivity (Wildman–Crippen MR) is 86.0 cm³/mol. The number of hydrogen-bond donors (Lipinski definition) is 3. The Hall–Kier alpha value is -1.86. The van der Waals surface area contributed by atoms with Crippen molar-refractivity contribution in [2.45, 2.75) is 13.5 Å². The Kier molecular flexibility index (Phi) is 4.98. The fraction of sp³-hybridized carbons (Fsp3) is 0.143. The quantitative estimate of drug-likeness (QED) is 0.766. The molecule has 1 aromatic carbocycles. The largest absolute Gasteiger partial charge is 0.478 e. The number of carboxylic acid groups (broad SMARTS) is 1. The number of anilines is 1. The zero-order valence-corrected chi connectivity index (χ0v) is 13.5. The molecule has 110 valence electrons. The molecule has 21 heavy (non-hydrogen) atoms. The summed E-state index contributed by atoms with van der Waals surface area (Å²) in [6.07, 6.45) is 0. The van der Waals surface area contributed by atoms with Crippen molar-refractivity contribution in [2.75, 3.05) is 5.32 Å². The molecule has 5 nitrogen and oxygen atoms in total. The van der Waals surface area contributed by atoms with Crippen LogP contribution in [0.2, 0.25) is 0 Å². The molecule has 1 heterocycles. The van der Waals surface area contributed by atoms with Crippen LogP contribution >= 0.6 is 27.3 Å². The van der Waals surface area contributed by atoms with Crippen molar-refractivity contribution in [3.63, 3.8) is 0 Å². The van der Waals surface area contributed by atoms with Gasteiger partial charge in [0.25, 0.3) is 0 Å². The van der Waals surface area contributed by atoms with Crippen LogP contribution in [0, 0.1) is 6.92 Å². The lowest BCUT2D eigenvalue weighted by Crippen LogP contribution is -2.28. The first-order chi connectivity index (χ1) is 9.95. The lowest BCUT2D eigenvalue weighted by atomic mass is 10.1. The topological polar surface area (TPSA) is 78.4 Å². The summed E-state index contributed by atoms with van der Waals surface area (Å²) in [4.78, 5) is 23.8. The van der Waals surface area contributed by atoms with E-state index in [1.807, 2.05) is 11.4 Å². The minimum absolute atomic E-state index is 0.137. The van der Waals surface area contributed by atoms with E-state index in [4.69, 9.17) is 5.11 Å². The van der Waals surface area contributed by atoms with Gasteiger partial charge in [-0.15, -0.1) is 11.3 Å². The molecule has 0 fully saturated rings. The molecule has 0 aliphatic rings. The Balaban J connectivity index is 1.99. The minimum Gasteiger partial charge on any atom is -0.478 e. The number of aryl methyl sites for hydroxylation is 1. The SMILES string of the molecule is Cc1ccc(C(=O)O)cc1NC(=O)NCc1cc(Br)cs1. The zero-order chi connectivity index (χ0) is 15.4. The average molecular weight is 369 g/mol. The second-order valence-corrected chi connectivity index (χ2v) is 6.29. The van der Waals surface area contributed by atoms with E-state index in [-0.39, 0.29) is 11.6 Å². The number of rotatable bonds is 4. The maximum absolute atomic E-state index is 11.8. The van der Waals surface area contributed by atoms with E-state index in [2.05, 4.69) is 26.6 Å². The van der Waals surface area contributed by atoms with Crippen LogP contribution in [0.4, 0.5) is 10.5 Å². The fourth-order valence-electron chi connectivity index (χ4n) is 1.67. The van der Waals surface area contributed by atoms with Gasteiger partial charge >= 0.3 is 12.0 Å². The molecule has 0 spiro atoms. The highest BCUT2D eigenvalue weighted by Crippen LogP contribution is 2.20. The van der Waals surface area contributed by atoms with Crippen molar-refractivity contribution in [1.82, 2.24) is 5.32 Å². The second-order valence-electron chi connectivity index (χ2n) is 4.37. The van der Waals surface area contributed by atoms with Gasteiger partial charge in [0.15, 0.2) is 0 Å². The molecule has 3 N–H and O–H groups in total. The molecule has 0 aliphatic carbocycles. The number of carbonyl (C=O) groups is 2. The number of aromatic carboxylic acids is 1. The van der Waals surface area contributed by atoms with Crippen LogP contribution in [0.3, 0.4) is 0 Å². The minimum atomic E-state index is -1.03. The normalized spacial score (nSPS) is 10.2. The van der Waals surface area contributed by atoms with E-state index in [0.29, 0.717) is 12.2 Å². The molecule has 2 aromatic rings. The molecule has 7 heteroatoms. The van der Waals surface area contributed by atoms with Crippen molar-refractivity contribution in [3.05, 3.63) is 50.1 Å². The molecule has 0 radical (unpaired) electrons. The van der Waals surface area contributed by atoms with E-state index in [9.17, 15) is 9.59 Å². The molecule has 0 bridgehead atoms. The predicted octanol–water partition coefficient (Wildman–Crippen LogP) is 3.84. The van der Waals surface area contributed by atoms with Crippen molar-refractivity contribution in [3.8, 4) is 0 Å². The Morgan fingerprint density at radius 2 is 2.10 bits per heavy atom. The van der Waals surface area contributed by atoms with Gasteiger partial charge in [-0.3, -0.25) is 0 Å². The lowest BCUT2D eigenvalue weighted by molar-refractivity contribution is 0.0697. The van der Waals surface area contributed by atoms with Gasteiger partial charge in [0, 0.05) is 20.4 Å². The standard InChI is InChI=1S/C14H13BrN2O3S/c1-8-2-3-9(13(18)19)4-12(8)17-14(20)16-6-11-5-10(15)7-21-11/h2-5,7H,6H2,1H3,(H,18,19)(H2,16,17,20). The average Bonchev–Trinajstić information content (AvgIpc) is 2.84.